The first-order chi connectivity index (χ1) is 26.0. The molecule has 4 amide bonds. The molecule has 1 saturated heterocycles. The Labute approximate surface area is 341 Å². The number of thiophene rings is 1. The third-order valence-electron chi connectivity index (χ3n) is 10.1. The number of benzene rings is 1. The smallest absolute Gasteiger partial charge is 0.410 e. The number of ketones is 1. The second-order valence-corrected chi connectivity index (χ2v) is 19.2. The van der Waals surface area contributed by atoms with Crippen LogP contribution in [-0.2, 0) is 47.9 Å². The monoisotopic (exact) mass is 855 g/mol. The van der Waals surface area contributed by atoms with Crippen molar-refractivity contribution in [2.45, 2.75) is 113 Å². The van der Waals surface area contributed by atoms with Crippen LogP contribution in [0, 0.1) is 5.92 Å². The van der Waals surface area contributed by atoms with Crippen LogP contribution in [-0.4, -0.2) is 86.2 Å². The lowest BCUT2D eigenvalue weighted by Crippen LogP contribution is -2.56. The van der Waals surface area contributed by atoms with Crippen molar-refractivity contribution < 1.29 is 37.7 Å². The summed E-state index contributed by atoms with van der Waals surface area (Å²) in [5.74, 6) is -1.96. The van der Waals surface area contributed by atoms with Crippen molar-refractivity contribution in [2.75, 3.05) is 13.1 Å². The van der Waals surface area contributed by atoms with Crippen LogP contribution in [0.3, 0.4) is 0 Å². The van der Waals surface area contributed by atoms with E-state index in [2.05, 4.69) is 15.4 Å². The van der Waals surface area contributed by atoms with E-state index in [1.807, 2.05) is 24.3 Å². The van der Waals surface area contributed by atoms with Gasteiger partial charge < -0.3 is 20.1 Å². The molecule has 1 aromatic carbocycles. The second kappa shape index (κ2) is 17.1. The number of hydrogen-bond acceptors (Lipinski definition) is 10. The number of ether oxygens (including phenoxy) is 2. The Kier molecular flexibility index (Phi) is 12.9. The zero-order valence-corrected chi connectivity index (χ0v) is 34.6. The fraction of sp³-hybridized carbons (Fsp3) is 0.541. The zero-order chi connectivity index (χ0) is 39.7. The molecule has 1 aromatic heterocycles. The van der Waals surface area contributed by atoms with E-state index in [1.54, 1.807) is 31.7 Å². The van der Waals surface area contributed by atoms with Crippen LogP contribution >= 0.6 is 46.1 Å². The molecule has 55 heavy (non-hydrogen) atoms. The molecular formula is C37H44Cl3N5O8S2. The van der Waals surface area contributed by atoms with E-state index in [0.29, 0.717) is 35.2 Å². The number of nitrogens with one attached hydrogen (secondary N) is 3. The Morgan fingerprint density at radius 3 is 2.56 bits per heavy atom. The molecule has 2 aromatic rings. The van der Waals surface area contributed by atoms with E-state index < -0.39 is 64.3 Å². The highest BCUT2D eigenvalue weighted by atomic mass is 35.5. The van der Waals surface area contributed by atoms with Gasteiger partial charge in [-0.15, -0.1) is 11.3 Å². The van der Waals surface area contributed by atoms with Crippen LogP contribution in [0.1, 0.15) is 76.8 Å². The number of rotatable bonds is 5. The molecule has 4 heterocycles. The van der Waals surface area contributed by atoms with Crippen molar-refractivity contribution in [1.29, 1.82) is 0 Å². The minimum atomic E-state index is -2.06. The summed E-state index contributed by atoms with van der Waals surface area (Å²) in [6.07, 6.45) is 5.27. The zero-order valence-electron chi connectivity index (χ0n) is 30.7. The Bertz CT molecular complexity index is 1900. The molecule has 6 unspecified atom stereocenters. The van der Waals surface area contributed by atoms with E-state index in [1.165, 1.54) is 11.0 Å². The first kappa shape index (κ1) is 41.4. The summed E-state index contributed by atoms with van der Waals surface area (Å²) in [7, 11) is -2.06. The Morgan fingerprint density at radius 2 is 1.85 bits per heavy atom. The molecule has 0 spiro atoms. The van der Waals surface area contributed by atoms with Crippen molar-refractivity contribution in [3.63, 3.8) is 0 Å². The summed E-state index contributed by atoms with van der Waals surface area (Å²) in [5.41, 5.74) is -0.465. The van der Waals surface area contributed by atoms with Crippen molar-refractivity contribution >= 4 is 86.9 Å². The molecule has 6 atom stereocenters. The van der Waals surface area contributed by atoms with Crippen LogP contribution in [0.25, 0.3) is 0 Å². The first-order valence-electron chi connectivity index (χ1n) is 18.2. The molecule has 1 aliphatic carbocycles. The molecule has 298 valence electrons. The number of carbonyl (C=O) groups is 5. The predicted octanol–water partition coefficient (Wildman–Crippen LogP) is 6.30. The van der Waals surface area contributed by atoms with Gasteiger partial charge in [-0.2, -0.15) is 0 Å². The van der Waals surface area contributed by atoms with Gasteiger partial charge >= 0.3 is 12.2 Å². The molecule has 13 nitrogen and oxygen atoms in total. The average molecular weight is 857 g/mol. The SMILES string of the molecule is CC(C)(C)OC(=O)NC1CCCCC/C=C\C2CC2(C(=O)NS(=O)c2cc(Cl)sc2Cl)NC(=O)C2CC(OC(=O)N3Cc4cccc(Cl)c4C3)CN2CC1=O. The number of fused-ring (bicyclic) bond motifs is 3. The van der Waals surface area contributed by atoms with Crippen molar-refractivity contribution in [2.24, 2.45) is 5.92 Å². The highest BCUT2D eigenvalue weighted by Gasteiger charge is 2.61. The van der Waals surface area contributed by atoms with Gasteiger partial charge in [0.15, 0.2) is 16.8 Å². The van der Waals surface area contributed by atoms with Crippen LogP contribution in [0.5, 0.6) is 0 Å². The van der Waals surface area contributed by atoms with Gasteiger partial charge in [-0.25, -0.2) is 13.8 Å². The Morgan fingerprint density at radius 1 is 1.07 bits per heavy atom. The number of Topliss-reactive ketones (excluding diaryl/α,β-unsaturated/α-hetero) is 1. The molecule has 4 aliphatic rings. The fourth-order valence-corrected chi connectivity index (χ4v) is 10.3. The van der Waals surface area contributed by atoms with Crippen molar-refractivity contribution in [1.82, 2.24) is 25.2 Å². The minimum Gasteiger partial charge on any atom is -0.445 e. The molecule has 3 N–H and O–H groups in total. The summed E-state index contributed by atoms with van der Waals surface area (Å²) in [6, 6.07) is 5.00. The van der Waals surface area contributed by atoms with E-state index in [-0.39, 0.29) is 53.4 Å². The maximum atomic E-state index is 14.3. The average Bonchev–Trinajstić information content (AvgIpc) is 3.38. The first-order valence-corrected chi connectivity index (χ1v) is 21.3. The summed E-state index contributed by atoms with van der Waals surface area (Å²) in [4.78, 5) is 71.7. The van der Waals surface area contributed by atoms with Gasteiger partial charge in [0, 0.05) is 30.5 Å². The number of allylic oxidation sites excluding steroid dienone is 1. The summed E-state index contributed by atoms with van der Waals surface area (Å²) in [6.45, 7) is 5.55. The lowest BCUT2D eigenvalue weighted by atomic mass is 10.0. The van der Waals surface area contributed by atoms with Crippen LogP contribution in [0.4, 0.5) is 9.59 Å². The lowest BCUT2D eigenvalue weighted by molar-refractivity contribution is -0.132. The third kappa shape index (κ3) is 10.0. The molecular weight excluding hydrogens is 813 g/mol. The van der Waals surface area contributed by atoms with Gasteiger partial charge in [-0.05, 0) is 69.7 Å². The van der Waals surface area contributed by atoms with Crippen molar-refractivity contribution in [3.05, 3.63) is 61.2 Å². The molecule has 6 rings (SSSR count). The van der Waals surface area contributed by atoms with Crippen molar-refractivity contribution in [3.8, 4) is 0 Å². The lowest BCUT2D eigenvalue weighted by Gasteiger charge is -2.28. The number of nitrogens with zero attached hydrogens (tertiary/aromatic N) is 2. The van der Waals surface area contributed by atoms with E-state index in [4.69, 9.17) is 44.3 Å². The molecule has 0 bridgehead atoms. The number of hydrogen-bond donors (Lipinski definition) is 3. The predicted molar refractivity (Wildman–Crippen MR) is 209 cm³/mol. The normalized spacial score (nSPS) is 27.2. The highest BCUT2D eigenvalue weighted by molar-refractivity contribution is 7.84. The van der Waals surface area contributed by atoms with E-state index >= 15 is 0 Å². The van der Waals surface area contributed by atoms with E-state index in [0.717, 1.165) is 35.3 Å². The third-order valence-corrected chi connectivity index (χ3v) is 13.2. The molecule has 2 fully saturated rings. The van der Waals surface area contributed by atoms with Gasteiger partial charge in [0.05, 0.1) is 34.4 Å². The topological polar surface area (TPSA) is 163 Å². The quantitative estimate of drug-likeness (QED) is 0.293. The second-order valence-electron chi connectivity index (χ2n) is 15.3. The summed E-state index contributed by atoms with van der Waals surface area (Å²) < 4.78 is 27.6. The number of halogens is 3. The van der Waals surface area contributed by atoms with E-state index in [9.17, 15) is 28.2 Å². The highest BCUT2D eigenvalue weighted by Crippen LogP contribution is 2.46. The maximum Gasteiger partial charge on any atom is 0.410 e. The minimum absolute atomic E-state index is 0.0315. The van der Waals surface area contributed by atoms with Gasteiger partial charge in [0.1, 0.15) is 21.6 Å². The largest absolute Gasteiger partial charge is 0.445 e. The number of alkyl carbamates (subject to hydrolysis) is 1. The van der Waals surface area contributed by atoms with Gasteiger partial charge in [-0.3, -0.25) is 28.9 Å². The Hall–Kier alpha value is -3.21. The maximum absolute atomic E-state index is 14.3. The fourth-order valence-electron chi connectivity index (χ4n) is 7.21. The van der Waals surface area contributed by atoms with Crippen LogP contribution in [0.2, 0.25) is 13.7 Å². The van der Waals surface area contributed by atoms with Crippen LogP contribution < -0.4 is 15.4 Å². The summed E-state index contributed by atoms with van der Waals surface area (Å²) in [5, 5.41) is 6.21. The Balaban J connectivity index is 1.23. The van der Waals surface area contributed by atoms with Gasteiger partial charge in [0.2, 0.25) is 5.91 Å². The molecule has 0 radical (unpaired) electrons. The molecule has 1 saturated carbocycles. The summed E-state index contributed by atoms with van der Waals surface area (Å²) >= 11 is 19.7. The number of carbonyl (C=O) groups excluding carboxylic acids is 5. The number of amides is 4. The van der Waals surface area contributed by atoms with Crippen LogP contribution in [0.15, 0.2) is 41.3 Å². The van der Waals surface area contributed by atoms with Gasteiger partial charge in [0.25, 0.3) is 5.91 Å². The molecule has 18 heteroatoms. The standard InChI is InChI=1S/C37H44Cl3N5O8S2/c1-36(2,3)53-34(49)41-26-13-8-6-4-5-7-11-22-16-37(22,33(48)43-55(51)29-15-30(39)54-31(29)40)42-32(47)27-14-23(18-44(27)20-28(26)46)52-35(50)45-17-21-10-9-12-25(38)24(21)19-45/h7,9-12,15,22-23,26-27H,4-6,8,13-14,16-20H2,1-3H3,(H,41,49)(H,42,47)(H,43,48)/b11-7-. The van der Waals surface area contributed by atoms with Gasteiger partial charge in [-0.1, -0.05) is 71.9 Å². The molecule has 3 aliphatic heterocycles.